The molecule has 3 rings (SSSR count). The van der Waals surface area contributed by atoms with Gasteiger partial charge in [-0.3, -0.25) is 19.3 Å². The fourth-order valence-electron chi connectivity index (χ4n) is 5.09. The zero-order valence-electron chi connectivity index (χ0n) is 18.0. The summed E-state index contributed by atoms with van der Waals surface area (Å²) in [6.07, 6.45) is 7.22. The van der Waals surface area contributed by atoms with E-state index in [1.165, 1.54) is 4.90 Å². The number of hydrogen-bond donors (Lipinski definition) is 2. The van der Waals surface area contributed by atoms with E-state index in [9.17, 15) is 14.4 Å². The van der Waals surface area contributed by atoms with Crippen molar-refractivity contribution in [2.75, 3.05) is 7.05 Å². The van der Waals surface area contributed by atoms with E-state index < -0.39 is 5.91 Å². The number of ether oxygens (including phenoxy) is 1. The summed E-state index contributed by atoms with van der Waals surface area (Å²) in [6, 6.07) is 2.86. The highest BCUT2D eigenvalue weighted by Crippen LogP contribution is 2.58. The Morgan fingerprint density at radius 3 is 2.53 bits per heavy atom. The van der Waals surface area contributed by atoms with Gasteiger partial charge in [0.2, 0.25) is 18.2 Å². The van der Waals surface area contributed by atoms with Crippen LogP contribution in [0.1, 0.15) is 62.7 Å². The highest BCUT2D eigenvalue weighted by atomic mass is 16.5. The summed E-state index contributed by atoms with van der Waals surface area (Å²) in [5.41, 5.74) is 5.76. The maximum atomic E-state index is 13.0. The molecule has 1 heterocycles. The second kappa shape index (κ2) is 9.12. The summed E-state index contributed by atoms with van der Waals surface area (Å²) in [4.78, 5) is 41.7. The van der Waals surface area contributed by atoms with Crippen LogP contribution in [-0.4, -0.2) is 53.3 Å². The largest absolute Gasteiger partial charge is 0.474 e. The van der Waals surface area contributed by atoms with E-state index >= 15 is 0 Å². The van der Waals surface area contributed by atoms with Crippen LogP contribution in [0.5, 0.6) is 5.88 Å². The Hall–Kier alpha value is -2.48. The molecule has 1 spiro atoms. The minimum Gasteiger partial charge on any atom is -0.474 e. The number of nitrogens with two attached hydrogens (primary N) is 1. The van der Waals surface area contributed by atoms with Crippen molar-refractivity contribution in [2.24, 2.45) is 17.1 Å². The van der Waals surface area contributed by atoms with Gasteiger partial charge in [0.15, 0.2) is 0 Å². The van der Waals surface area contributed by atoms with Gasteiger partial charge in [0.1, 0.15) is 11.7 Å². The number of nitrogens with zero attached hydrogens (tertiary/aromatic N) is 2. The number of primary amides is 1. The Balaban J connectivity index is 1.55. The van der Waals surface area contributed by atoms with Crippen molar-refractivity contribution in [3.8, 4) is 5.88 Å². The number of rotatable bonds is 10. The number of carbonyl (C=O) groups is 3. The number of imide groups is 1. The highest BCUT2D eigenvalue weighted by molar-refractivity contribution is 5.95. The molecule has 1 aromatic rings. The molecule has 30 heavy (non-hydrogen) atoms. The van der Waals surface area contributed by atoms with Crippen LogP contribution in [-0.2, 0) is 9.59 Å². The van der Waals surface area contributed by atoms with Crippen molar-refractivity contribution >= 4 is 18.2 Å². The standard InChI is InChI=1S/C22H32N4O4/c1-4-14(5-2)18(24-3)21(29)26(13-27)15-9-22(10-15)11-16(12-22)30-20-17(19(23)28)7-6-8-25-20/h6-8,13-16,18,24H,4-5,9-12H2,1-3H3,(H2,23,28). The van der Waals surface area contributed by atoms with Gasteiger partial charge < -0.3 is 15.8 Å². The Morgan fingerprint density at radius 1 is 1.33 bits per heavy atom. The summed E-state index contributed by atoms with van der Waals surface area (Å²) < 4.78 is 5.89. The van der Waals surface area contributed by atoms with Crippen LogP contribution in [0.2, 0.25) is 0 Å². The lowest BCUT2D eigenvalue weighted by atomic mass is 9.52. The molecule has 3 N–H and O–H groups in total. The van der Waals surface area contributed by atoms with Crippen molar-refractivity contribution in [3.63, 3.8) is 0 Å². The predicted octanol–water partition coefficient (Wildman–Crippen LogP) is 1.88. The summed E-state index contributed by atoms with van der Waals surface area (Å²) in [6.45, 7) is 4.13. The van der Waals surface area contributed by atoms with E-state index in [-0.39, 0.29) is 46.9 Å². The molecule has 2 aliphatic rings. The minimum absolute atomic E-state index is 0.0334. The van der Waals surface area contributed by atoms with Gasteiger partial charge in [0, 0.05) is 12.2 Å². The molecule has 1 unspecified atom stereocenters. The van der Waals surface area contributed by atoms with Gasteiger partial charge in [-0.2, -0.15) is 0 Å². The molecule has 8 heteroatoms. The fraction of sp³-hybridized carbons (Fsp3) is 0.636. The smallest absolute Gasteiger partial charge is 0.254 e. The molecule has 0 aliphatic heterocycles. The molecule has 0 bridgehead atoms. The van der Waals surface area contributed by atoms with Crippen molar-refractivity contribution in [2.45, 2.75) is 70.6 Å². The quantitative estimate of drug-likeness (QED) is 0.563. The molecule has 0 saturated heterocycles. The van der Waals surface area contributed by atoms with Gasteiger partial charge >= 0.3 is 0 Å². The van der Waals surface area contributed by atoms with E-state index in [0.717, 1.165) is 38.5 Å². The van der Waals surface area contributed by atoms with Gasteiger partial charge in [0.25, 0.3) is 5.91 Å². The molecule has 8 nitrogen and oxygen atoms in total. The van der Waals surface area contributed by atoms with Crippen LogP contribution in [0, 0.1) is 11.3 Å². The van der Waals surface area contributed by atoms with E-state index in [1.807, 2.05) is 0 Å². The lowest BCUT2D eigenvalue weighted by Crippen LogP contribution is -2.62. The van der Waals surface area contributed by atoms with Crippen LogP contribution in [0.3, 0.4) is 0 Å². The number of likely N-dealkylation sites (N-methyl/N-ethyl adjacent to an activating group) is 1. The first-order valence-electron chi connectivity index (χ1n) is 10.7. The summed E-state index contributed by atoms with van der Waals surface area (Å²) >= 11 is 0. The van der Waals surface area contributed by atoms with Crippen LogP contribution in [0.4, 0.5) is 0 Å². The van der Waals surface area contributed by atoms with Crippen LogP contribution >= 0.6 is 0 Å². The first-order chi connectivity index (χ1) is 14.4. The second-order valence-corrected chi connectivity index (χ2v) is 8.62. The van der Waals surface area contributed by atoms with Gasteiger partial charge in [-0.1, -0.05) is 26.7 Å². The average molecular weight is 417 g/mol. The lowest BCUT2D eigenvalue weighted by Gasteiger charge is -2.58. The van der Waals surface area contributed by atoms with Crippen LogP contribution < -0.4 is 15.8 Å². The molecule has 2 aliphatic carbocycles. The third-order valence-electron chi connectivity index (χ3n) is 6.83. The highest BCUT2D eigenvalue weighted by Gasteiger charge is 2.56. The van der Waals surface area contributed by atoms with Crippen molar-refractivity contribution in [1.82, 2.24) is 15.2 Å². The zero-order chi connectivity index (χ0) is 21.9. The molecule has 0 radical (unpaired) electrons. The summed E-state index contributed by atoms with van der Waals surface area (Å²) in [5, 5.41) is 3.10. The first-order valence-corrected chi connectivity index (χ1v) is 10.7. The molecule has 2 saturated carbocycles. The van der Waals surface area contributed by atoms with E-state index in [1.54, 1.807) is 25.4 Å². The number of carbonyl (C=O) groups excluding carboxylic acids is 3. The zero-order valence-corrected chi connectivity index (χ0v) is 18.0. The van der Waals surface area contributed by atoms with Gasteiger partial charge in [-0.15, -0.1) is 0 Å². The Morgan fingerprint density at radius 2 is 2.00 bits per heavy atom. The predicted molar refractivity (Wildman–Crippen MR) is 112 cm³/mol. The van der Waals surface area contributed by atoms with Gasteiger partial charge in [-0.05, 0) is 56.2 Å². The first kappa shape index (κ1) is 22.2. The van der Waals surface area contributed by atoms with E-state index in [2.05, 4.69) is 24.1 Å². The molecule has 1 aromatic heterocycles. The third-order valence-corrected chi connectivity index (χ3v) is 6.83. The number of amides is 3. The number of pyridine rings is 1. The lowest BCUT2D eigenvalue weighted by molar-refractivity contribution is -0.157. The van der Waals surface area contributed by atoms with Gasteiger partial charge in [-0.25, -0.2) is 4.98 Å². The maximum absolute atomic E-state index is 13.0. The average Bonchev–Trinajstić information content (AvgIpc) is 2.68. The van der Waals surface area contributed by atoms with E-state index in [0.29, 0.717) is 6.41 Å². The van der Waals surface area contributed by atoms with E-state index in [4.69, 9.17) is 10.5 Å². The number of nitrogens with one attached hydrogen (secondary N) is 1. The van der Waals surface area contributed by atoms with Crippen LogP contribution in [0.15, 0.2) is 18.3 Å². The van der Waals surface area contributed by atoms with Crippen molar-refractivity contribution in [3.05, 3.63) is 23.9 Å². The molecule has 164 valence electrons. The topological polar surface area (TPSA) is 115 Å². The molecule has 2 fully saturated rings. The van der Waals surface area contributed by atoms with Crippen LogP contribution in [0.25, 0.3) is 0 Å². The monoisotopic (exact) mass is 416 g/mol. The molecular formula is C22H32N4O4. The van der Waals surface area contributed by atoms with Crippen molar-refractivity contribution < 1.29 is 19.1 Å². The molecule has 3 amide bonds. The normalized spacial score (nSPS) is 25.9. The van der Waals surface area contributed by atoms with Crippen molar-refractivity contribution in [1.29, 1.82) is 0 Å². The number of hydrogen-bond acceptors (Lipinski definition) is 6. The Bertz CT molecular complexity index is 781. The molecule has 1 atom stereocenters. The Labute approximate surface area is 177 Å². The van der Waals surface area contributed by atoms with Gasteiger partial charge in [0.05, 0.1) is 6.04 Å². The second-order valence-electron chi connectivity index (χ2n) is 8.62. The SMILES string of the molecule is CCC(CC)C(NC)C(=O)N(C=O)C1CC2(CC(Oc3ncccc3C(N)=O)C2)C1. The molecule has 0 aromatic carbocycles. The fourth-order valence-corrected chi connectivity index (χ4v) is 5.09. The molecular weight excluding hydrogens is 384 g/mol. The summed E-state index contributed by atoms with van der Waals surface area (Å²) in [7, 11) is 1.78. The number of aromatic nitrogens is 1. The third kappa shape index (κ3) is 4.19. The Kier molecular flexibility index (Phi) is 6.75. The maximum Gasteiger partial charge on any atom is 0.254 e. The summed E-state index contributed by atoms with van der Waals surface area (Å²) in [5.74, 6) is -0.217. The minimum atomic E-state index is -0.562.